The van der Waals surface area contributed by atoms with Gasteiger partial charge in [0.25, 0.3) is 5.56 Å². The molecule has 0 aliphatic rings. The molecule has 0 atom stereocenters. The Bertz CT molecular complexity index is 1250. The summed E-state index contributed by atoms with van der Waals surface area (Å²) in [5.41, 5.74) is -3.69. The molecular formula is C17H11ClF4N4O3. The maximum absolute atomic E-state index is 13.1. The van der Waals surface area contributed by atoms with Gasteiger partial charge in [-0.1, -0.05) is 11.6 Å². The maximum Gasteiger partial charge on any atom is 0.433 e. The van der Waals surface area contributed by atoms with Gasteiger partial charge in [0.1, 0.15) is 23.7 Å². The number of halogens is 5. The van der Waals surface area contributed by atoms with Crippen LogP contribution in [0.4, 0.5) is 23.2 Å². The monoisotopic (exact) mass is 430 g/mol. The van der Waals surface area contributed by atoms with Crippen molar-refractivity contribution in [2.45, 2.75) is 12.7 Å². The molecular weight excluding hydrogens is 420 g/mol. The normalized spacial score (nSPS) is 11.7. The van der Waals surface area contributed by atoms with Crippen LogP contribution in [0, 0.1) is 5.82 Å². The van der Waals surface area contributed by atoms with Crippen molar-refractivity contribution in [2.24, 2.45) is 7.05 Å². The molecule has 7 nitrogen and oxygen atoms in total. The summed E-state index contributed by atoms with van der Waals surface area (Å²) in [5.74, 6) is -1.45. The SMILES string of the molecule is Cn1c(=O)n(CC(=O)Nc2ccc(F)cc2Cl)c(=O)c2ccc(C(F)(F)F)nc21. The minimum atomic E-state index is -4.76. The Morgan fingerprint density at radius 1 is 1.21 bits per heavy atom. The quantitative estimate of drug-likeness (QED) is 0.647. The van der Waals surface area contributed by atoms with Crippen molar-refractivity contribution in [3.8, 4) is 0 Å². The van der Waals surface area contributed by atoms with Crippen LogP contribution in [0.2, 0.25) is 5.02 Å². The number of nitrogens with zero attached hydrogens (tertiary/aromatic N) is 3. The molecule has 0 saturated heterocycles. The molecule has 29 heavy (non-hydrogen) atoms. The van der Waals surface area contributed by atoms with E-state index in [9.17, 15) is 31.9 Å². The molecule has 1 aromatic carbocycles. The highest BCUT2D eigenvalue weighted by atomic mass is 35.5. The first-order chi connectivity index (χ1) is 13.5. The first-order valence-corrected chi connectivity index (χ1v) is 8.29. The number of hydrogen-bond donors (Lipinski definition) is 1. The standard InChI is InChI=1S/C17H11ClF4N4O3/c1-25-14-9(3-5-12(24-14)17(20,21)22)15(28)26(16(25)29)7-13(27)23-11-4-2-8(19)6-10(11)18/h2-6H,7H2,1H3,(H,23,27). The van der Waals surface area contributed by atoms with Crippen molar-refractivity contribution in [3.63, 3.8) is 0 Å². The molecule has 1 amide bonds. The van der Waals surface area contributed by atoms with Gasteiger partial charge >= 0.3 is 11.9 Å². The van der Waals surface area contributed by atoms with Crippen LogP contribution in [0.3, 0.4) is 0 Å². The number of benzene rings is 1. The highest BCUT2D eigenvalue weighted by molar-refractivity contribution is 6.33. The number of rotatable bonds is 3. The van der Waals surface area contributed by atoms with Crippen molar-refractivity contribution in [2.75, 3.05) is 5.32 Å². The number of amides is 1. The number of carbonyl (C=O) groups is 1. The van der Waals surface area contributed by atoms with E-state index in [-0.39, 0.29) is 16.1 Å². The van der Waals surface area contributed by atoms with Crippen LogP contribution in [0.5, 0.6) is 0 Å². The van der Waals surface area contributed by atoms with Crippen LogP contribution in [-0.4, -0.2) is 20.0 Å². The van der Waals surface area contributed by atoms with Gasteiger partial charge in [0.2, 0.25) is 5.91 Å². The van der Waals surface area contributed by atoms with Gasteiger partial charge in [-0.2, -0.15) is 13.2 Å². The molecule has 0 bridgehead atoms. The number of carbonyl (C=O) groups excluding carboxylic acids is 1. The first kappa shape index (κ1) is 20.5. The van der Waals surface area contributed by atoms with E-state index in [4.69, 9.17) is 11.6 Å². The molecule has 0 unspecified atom stereocenters. The summed E-state index contributed by atoms with van der Waals surface area (Å²) in [4.78, 5) is 40.5. The summed E-state index contributed by atoms with van der Waals surface area (Å²) in [6, 6.07) is 4.70. The molecule has 0 aliphatic heterocycles. The van der Waals surface area contributed by atoms with E-state index >= 15 is 0 Å². The van der Waals surface area contributed by atoms with Crippen LogP contribution in [0.25, 0.3) is 11.0 Å². The molecule has 0 fully saturated rings. The zero-order valence-corrected chi connectivity index (χ0v) is 15.3. The Morgan fingerprint density at radius 3 is 2.52 bits per heavy atom. The number of aromatic nitrogens is 3. The lowest BCUT2D eigenvalue weighted by Crippen LogP contribution is -2.42. The molecule has 2 aromatic heterocycles. The Balaban J connectivity index is 2.01. The molecule has 12 heteroatoms. The topological polar surface area (TPSA) is 86.0 Å². The number of aryl methyl sites for hydroxylation is 1. The Labute approximate surface area is 164 Å². The van der Waals surface area contributed by atoms with E-state index in [0.29, 0.717) is 10.6 Å². The second-order valence-corrected chi connectivity index (χ2v) is 6.38. The van der Waals surface area contributed by atoms with Crippen molar-refractivity contribution < 1.29 is 22.4 Å². The average Bonchev–Trinajstić information content (AvgIpc) is 2.64. The lowest BCUT2D eigenvalue weighted by molar-refractivity contribution is -0.141. The van der Waals surface area contributed by atoms with E-state index in [0.717, 1.165) is 29.8 Å². The third-order valence-corrected chi connectivity index (χ3v) is 4.30. The fourth-order valence-corrected chi connectivity index (χ4v) is 2.81. The number of anilines is 1. The average molecular weight is 431 g/mol. The van der Waals surface area contributed by atoms with Crippen LogP contribution < -0.4 is 16.6 Å². The molecule has 1 N–H and O–H groups in total. The molecule has 3 aromatic rings. The van der Waals surface area contributed by atoms with E-state index in [1.54, 1.807) is 0 Å². The van der Waals surface area contributed by atoms with E-state index in [1.807, 2.05) is 0 Å². The van der Waals surface area contributed by atoms with Gasteiger partial charge in [0.15, 0.2) is 0 Å². The van der Waals surface area contributed by atoms with E-state index < -0.39 is 47.0 Å². The van der Waals surface area contributed by atoms with Gasteiger partial charge < -0.3 is 5.32 Å². The third-order valence-electron chi connectivity index (χ3n) is 3.98. The minimum absolute atomic E-state index is 0.0558. The summed E-state index contributed by atoms with van der Waals surface area (Å²) in [6.45, 7) is -0.740. The fraction of sp³-hybridized carbons (Fsp3) is 0.176. The second-order valence-electron chi connectivity index (χ2n) is 5.97. The van der Waals surface area contributed by atoms with E-state index in [2.05, 4.69) is 10.3 Å². The molecule has 0 radical (unpaired) electrons. The Hall–Kier alpha value is -3.21. The van der Waals surface area contributed by atoms with Crippen molar-refractivity contribution in [3.05, 3.63) is 67.7 Å². The molecule has 0 spiro atoms. The summed E-state index contributed by atoms with van der Waals surface area (Å²) >= 11 is 5.80. The Morgan fingerprint density at radius 2 is 1.90 bits per heavy atom. The van der Waals surface area contributed by atoms with Crippen molar-refractivity contribution >= 4 is 34.2 Å². The predicted molar refractivity (Wildman–Crippen MR) is 96.3 cm³/mol. The van der Waals surface area contributed by atoms with Crippen LogP contribution >= 0.6 is 11.6 Å². The van der Waals surface area contributed by atoms with Gasteiger partial charge in [-0.15, -0.1) is 0 Å². The lowest BCUT2D eigenvalue weighted by atomic mass is 10.2. The van der Waals surface area contributed by atoms with Crippen LogP contribution in [0.1, 0.15) is 5.69 Å². The maximum atomic E-state index is 13.1. The highest BCUT2D eigenvalue weighted by Gasteiger charge is 2.33. The van der Waals surface area contributed by atoms with E-state index in [1.165, 1.54) is 6.07 Å². The predicted octanol–water partition coefficient (Wildman–Crippen LogP) is 2.55. The molecule has 3 rings (SSSR count). The van der Waals surface area contributed by atoms with Crippen molar-refractivity contribution in [1.82, 2.24) is 14.1 Å². The minimum Gasteiger partial charge on any atom is -0.323 e. The van der Waals surface area contributed by atoms with Gasteiger partial charge in [-0.3, -0.25) is 18.7 Å². The number of nitrogens with one attached hydrogen (secondary N) is 1. The number of alkyl halides is 3. The number of pyridine rings is 1. The molecule has 0 aliphatic carbocycles. The molecule has 2 heterocycles. The largest absolute Gasteiger partial charge is 0.433 e. The van der Waals surface area contributed by atoms with Crippen LogP contribution in [0.15, 0.2) is 39.9 Å². The summed E-state index contributed by atoms with van der Waals surface area (Å²) in [6.07, 6.45) is -4.76. The second kappa shape index (κ2) is 7.32. The highest BCUT2D eigenvalue weighted by Crippen LogP contribution is 2.28. The van der Waals surface area contributed by atoms with Gasteiger partial charge in [0.05, 0.1) is 16.1 Å². The first-order valence-electron chi connectivity index (χ1n) is 7.91. The van der Waals surface area contributed by atoms with Gasteiger partial charge in [-0.05, 0) is 30.3 Å². The van der Waals surface area contributed by atoms with Crippen LogP contribution in [-0.2, 0) is 24.6 Å². The smallest absolute Gasteiger partial charge is 0.323 e. The summed E-state index contributed by atoms with van der Waals surface area (Å²) in [5, 5.41) is 1.96. The zero-order valence-electron chi connectivity index (χ0n) is 14.6. The van der Waals surface area contributed by atoms with Gasteiger partial charge in [0, 0.05) is 7.05 Å². The summed E-state index contributed by atoms with van der Waals surface area (Å²) in [7, 11) is 1.13. The summed E-state index contributed by atoms with van der Waals surface area (Å²) < 4.78 is 52.9. The lowest BCUT2D eigenvalue weighted by Gasteiger charge is -2.12. The Kier molecular flexibility index (Phi) is 5.18. The molecule has 152 valence electrons. The van der Waals surface area contributed by atoms with Crippen molar-refractivity contribution in [1.29, 1.82) is 0 Å². The zero-order chi connectivity index (χ0) is 21.5. The van der Waals surface area contributed by atoms with Gasteiger partial charge in [-0.25, -0.2) is 14.2 Å². The molecule has 0 saturated carbocycles. The number of hydrogen-bond acceptors (Lipinski definition) is 4. The number of fused-ring (bicyclic) bond motifs is 1. The fourth-order valence-electron chi connectivity index (χ4n) is 2.60. The third kappa shape index (κ3) is 3.99.